The number of allylic oxidation sites excluding steroid dienone is 1. The highest BCUT2D eigenvalue weighted by atomic mass is 35.5. The molecule has 2 aromatic rings. The number of nitrogens with zero attached hydrogens (tertiary/aromatic N) is 2. The molecule has 1 aromatic carbocycles. The molecule has 1 aliphatic heterocycles. The van der Waals surface area contributed by atoms with Gasteiger partial charge in [0, 0.05) is 10.6 Å². The van der Waals surface area contributed by atoms with Crippen LogP contribution < -0.4 is 9.64 Å². The number of aliphatic imine (C=N–C) groups is 1. The molecule has 0 bridgehead atoms. The van der Waals surface area contributed by atoms with Crippen molar-refractivity contribution in [2.75, 3.05) is 17.8 Å². The lowest BCUT2D eigenvalue weighted by atomic mass is 10.2. The maximum Gasteiger partial charge on any atom is 0.283 e. The van der Waals surface area contributed by atoms with Crippen molar-refractivity contribution >= 4 is 57.5 Å². The van der Waals surface area contributed by atoms with Gasteiger partial charge in [-0.05, 0) is 49.6 Å². The number of carbonyl (C=O) groups excluding carboxylic acids is 1. The van der Waals surface area contributed by atoms with Crippen molar-refractivity contribution in [2.24, 2.45) is 4.99 Å². The number of ether oxygens (including phenoxy) is 1. The number of carbonyl (C=O) groups is 1. The first-order valence-corrected chi connectivity index (χ1v) is 10.5. The lowest BCUT2D eigenvalue weighted by molar-refractivity contribution is -0.113. The van der Waals surface area contributed by atoms with Gasteiger partial charge < -0.3 is 4.74 Å². The molecule has 2 heterocycles. The second-order valence-electron chi connectivity index (χ2n) is 5.99. The molecule has 4 nitrogen and oxygen atoms in total. The van der Waals surface area contributed by atoms with Crippen molar-refractivity contribution in [1.29, 1.82) is 0 Å². The Balaban J connectivity index is 1.96. The van der Waals surface area contributed by atoms with Crippen LogP contribution in [0.2, 0.25) is 5.02 Å². The predicted octanol–water partition coefficient (Wildman–Crippen LogP) is 5.85. The zero-order valence-electron chi connectivity index (χ0n) is 15.2. The molecule has 7 heteroatoms. The van der Waals surface area contributed by atoms with Crippen molar-refractivity contribution in [3.05, 3.63) is 63.0 Å². The van der Waals surface area contributed by atoms with Crippen molar-refractivity contribution in [3.63, 3.8) is 0 Å². The average molecular weight is 419 g/mol. The molecular weight excluding hydrogens is 400 g/mol. The zero-order chi connectivity index (χ0) is 19.4. The minimum atomic E-state index is -0.163. The molecule has 0 aliphatic carbocycles. The monoisotopic (exact) mass is 418 g/mol. The van der Waals surface area contributed by atoms with Gasteiger partial charge in [0.1, 0.15) is 11.4 Å². The van der Waals surface area contributed by atoms with Gasteiger partial charge >= 0.3 is 0 Å². The minimum Gasteiger partial charge on any atom is -0.495 e. The number of amides is 1. The molecule has 1 amide bonds. The second-order valence-corrected chi connectivity index (χ2v) is 8.36. The maximum absolute atomic E-state index is 13.0. The van der Waals surface area contributed by atoms with Crippen LogP contribution in [0.15, 0.2) is 58.1 Å². The first kappa shape index (κ1) is 19.7. The molecule has 0 fully saturated rings. The number of rotatable bonds is 5. The maximum atomic E-state index is 13.0. The summed E-state index contributed by atoms with van der Waals surface area (Å²) in [5.41, 5.74) is 2.31. The highest BCUT2D eigenvalue weighted by molar-refractivity contribution is 8.14. The molecule has 0 atom stereocenters. The van der Waals surface area contributed by atoms with Crippen molar-refractivity contribution < 1.29 is 9.53 Å². The van der Waals surface area contributed by atoms with Crippen LogP contribution in [0.25, 0.3) is 6.08 Å². The van der Waals surface area contributed by atoms with Crippen LogP contribution in [0, 0.1) is 0 Å². The van der Waals surface area contributed by atoms with Gasteiger partial charge in [0.2, 0.25) is 0 Å². The Morgan fingerprint density at radius 3 is 2.81 bits per heavy atom. The van der Waals surface area contributed by atoms with Crippen LogP contribution in [-0.4, -0.2) is 23.9 Å². The summed E-state index contributed by atoms with van der Waals surface area (Å²) in [6.45, 7) is 4.09. The van der Waals surface area contributed by atoms with Crippen LogP contribution >= 0.6 is 34.7 Å². The lowest BCUT2D eigenvalue weighted by Crippen LogP contribution is -2.30. The number of hydrogen-bond donors (Lipinski definition) is 0. The number of benzene rings is 1. The van der Waals surface area contributed by atoms with E-state index in [-0.39, 0.29) is 5.91 Å². The quantitative estimate of drug-likeness (QED) is 0.451. The predicted molar refractivity (Wildman–Crippen MR) is 117 cm³/mol. The standard InChI is InChI=1S/C20H19ClN2O2S2/c1-13(2)8-10-27-20-22-17(12-15-5-4-9-26-15)19(24)23(20)14-6-7-18(25-3)16(21)11-14/h4-9,11-12H,10H2,1-3H3/b17-12+. The summed E-state index contributed by atoms with van der Waals surface area (Å²) < 4.78 is 5.21. The summed E-state index contributed by atoms with van der Waals surface area (Å²) in [5, 5.41) is 3.06. The summed E-state index contributed by atoms with van der Waals surface area (Å²) in [6.07, 6.45) is 3.93. The largest absolute Gasteiger partial charge is 0.495 e. The number of hydrogen-bond acceptors (Lipinski definition) is 5. The van der Waals surface area contributed by atoms with E-state index in [0.29, 0.717) is 27.3 Å². The third-order valence-electron chi connectivity index (χ3n) is 3.75. The van der Waals surface area contributed by atoms with Crippen molar-refractivity contribution in [3.8, 4) is 5.75 Å². The lowest BCUT2D eigenvalue weighted by Gasteiger charge is -2.18. The first-order chi connectivity index (χ1) is 13.0. The zero-order valence-corrected chi connectivity index (χ0v) is 17.6. The van der Waals surface area contributed by atoms with E-state index in [0.717, 1.165) is 10.6 Å². The molecule has 0 N–H and O–H groups in total. The molecule has 0 saturated carbocycles. The SMILES string of the molecule is COc1ccc(N2C(=O)/C(=C\c3cccs3)N=C2SCC=C(C)C)cc1Cl. The Morgan fingerprint density at radius 2 is 2.19 bits per heavy atom. The number of anilines is 1. The number of thiophene rings is 1. The van der Waals surface area contributed by atoms with Gasteiger partial charge in [-0.1, -0.05) is 41.1 Å². The van der Waals surface area contributed by atoms with Crippen molar-refractivity contribution in [2.45, 2.75) is 13.8 Å². The summed E-state index contributed by atoms with van der Waals surface area (Å²) in [5.74, 6) is 1.14. The minimum absolute atomic E-state index is 0.163. The van der Waals surface area contributed by atoms with Gasteiger partial charge in [-0.25, -0.2) is 4.99 Å². The Hall–Kier alpha value is -2.02. The van der Waals surface area contributed by atoms with Gasteiger partial charge in [0.05, 0.1) is 17.8 Å². The summed E-state index contributed by atoms with van der Waals surface area (Å²) >= 11 is 9.36. The van der Waals surface area contributed by atoms with E-state index in [1.807, 2.05) is 43.5 Å². The van der Waals surface area contributed by atoms with E-state index in [9.17, 15) is 4.79 Å². The normalized spacial score (nSPS) is 15.3. The molecule has 27 heavy (non-hydrogen) atoms. The molecule has 1 aliphatic rings. The molecular formula is C20H19ClN2O2S2. The summed E-state index contributed by atoms with van der Waals surface area (Å²) in [7, 11) is 1.56. The second kappa shape index (κ2) is 8.78. The van der Waals surface area contributed by atoms with Gasteiger partial charge in [-0.3, -0.25) is 9.69 Å². The third kappa shape index (κ3) is 4.64. The van der Waals surface area contributed by atoms with Crippen LogP contribution in [-0.2, 0) is 4.79 Å². The number of methoxy groups -OCH3 is 1. The highest BCUT2D eigenvalue weighted by Crippen LogP contribution is 2.34. The average Bonchev–Trinajstić information content (AvgIpc) is 3.24. The van der Waals surface area contributed by atoms with E-state index < -0.39 is 0 Å². The molecule has 1 aromatic heterocycles. The highest BCUT2D eigenvalue weighted by Gasteiger charge is 2.32. The Kier molecular flexibility index (Phi) is 6.42. The number of thioether (sulfide) groups is 1. The summed E-state index contributed by atoms with van der Waals surface area (Å²) in [4.78, 5) is 20.2. The van der Waals surface area contributed by atoms with Crippen molar-refractivity contribution in [1.82, 2.24) is 0 Å². The van der Waals surface area contributed by atoms with E-state index in [1.54, 1.807) is 35.5 Å². The Labute approximate surface area is 172 Å². The molecule has 3 rings (SSSR count). The topological polar surface area (TPSA) is 41.9 Å². The van der Waals surface area contributed by atoms with Gasteiger partial charge in [0.25, 0.3) is 5.91 Å². The molecule has 0 radical (unpaired) electrons. The van der Waals surface area contributed by atoms with Crippen LogP contribution in [0.4, 0.5) is 5.69 Å². The van der Waals surface area contributed by atoms with E-state index in [4.69, 9.17) is 16.3 Å². The Morgan fingerprint density at radius 1 is 1.37 bits per heavy atom. The smallest absolute Gasteiger partial charge is 0.283 e. The van der Waals surface area contributed by atoms with Crippen LogP contribution in [0.1, 0.15) is 18.7 Å². The fourth-order valence-electron chi connectivity index (χ4n) is 2.41. The first-order valence-electron chi connectivity index (χ1n) is 8.27. The fraction of sp³-hybridized carbons (Fsp3) is 0.200. The van der Waals surface area contributed by atoms with E-state index in [1.165, 1.54) is 17.3 Å². The molecule has 0 unspecified atom stereocenters. The number of halogens is 1. The van der Waals surface area contributed by atoms with Gasteiger partial charge in [0.15, 0.2) is 5.17 Å². The molecule has 140 valence electrons. The fourth-order valence-corrected chi connectivity index (χ4v) is 4.36. The van der Waals surface area contributed by atoms with Crippen LogP contribution in [0.5, 0.6) is 5.75 Å². The summed E-state index contributed by atoms with van der Waals surface area (Å²) in [6, 6.07) is 9.20. The van der Waals surface area contributed by atoms with Gasteiger partial charge in [-0.15, -0.1) is 11.3 Å². The third-order valence-corrected chi connectivity index (χ3v) is 5.73. The van der Waals surface area contributed by atoms with E-state index >= 15 is 0 Å². The molecule has 0 saturated heterocycles. The van der Waals surface area contributed by atoms with Crippen LogP contribution in [0.3, 0.4) is 0 Å². The van der Waals surface area contributed by atoms with Gasteiger partial charge in [-0.2, -0.15) is 0 Å². The number of amidine groups is 1. The Bertz CT molecular complexity index is 929. The molecule has 0 spiro atoms. The van der Waals surface area contributed by atoms with E-state index in [2.05, 4.69) is 11.1 Å².